The maximum atomic E-state index is 12.5. The Morgan fingerprint density at radius 1 is 1.17 bits per heavy atom. The Morgan fingerprint density at radius 2 is 1.97 bits per heavy atom. The van der Waals surface area contributed by atoms with E-state index in [0.29, 0.717) is 30.1 Å². The van der Waals surface area contributed by atoms with Crippen LogP contribution in [-0.2, 0) is 6.54 Å². The highest BCUT2D eigenvalue weighted by molar-refractivity contribution is 6.03. The lowest BCUT2D eigenvalue weighted by Gasteiger charge is -2.28. The standard InChI is InChI=1S/C23H20N4O3/c1-14-10-11-30-20(14)22(28)25-17-8-6-15(7-9-17)16-12-24-21-18-4-2-3-5-19(18)26-23(29)27(21)13-16/h2-11,16,24H,12-13H2,1H3,(H,25,28). The van der Waals surface area contributed by atoms with Crippen molar-refractivity contribution in [1.82, 2.24) is 9.55 Å². The molecule has 4 aromatic rings. The average Bonchev–Trinajstić information content (AvgIpc) is 3.20. The Kier molecular flexibility index (Phi) is 4.35. The second-order valence-corrected chi connectivity index (χ2v) is 7.46. The first kappa shape index (κ1) is 18.2. The molecule has 0 bridgehead atoms. The van der Waals surface area contributed by atoms with Gasteiger partial charge in [-0.3, -0.25) is 9.36 Å². The molecule has 1 unspecified atom stereocenters. The van der Waals surface area contributed by atoms with E-state index >= 15 is 0 Å². The molecule has 150 valence electrons. The van der Waals surface area contributed by atoms with Crippen LogP contribution in [0.1, 0.15) is 27.6 Å². The Labute approximate surface area is 172 Å². The largest absolute Gasteiger partial charge is 0.459 e. The Morgan fingerprint density at radius 3 is 2.73 bits per heavy atom. The van der Waals surface area contributed by atoms with Gasteiger partial charge < -0.3 is 15.1 Å². The number of para-hydroxylation sites is 1. The van der Waals surface area contributed by atoms with Crippen molar-refractivity contribution in [2.24, 2.45) is 0 Å². The van der Waals surface area contributed by atoms with Crippen LogP contribution in [0.5, 0.6) is 0 Å². The van der Waals surface area contributed by atoms with Crippen molar-refractivity contribution < 1.29 is 9.21 Å². The lowest BCUT2D eigenvalue weighted by Crippen LogP contribution is -2.35. The molecule has 2 aromatic heterocycles. The number of rotatable bonds is 3. The van der Waals surface area contributed by atoms with E-state index < -0.39 is 0 Å². The number of aromatic nitrogens is 2. The summed E-state index contributed by atoms with van der Waals surface area (Å²) in [6.07, 6.45) is 1.50. The van der Waals surface area contributed by atoms with E-state index in [1.807, 2.05) is 55.5 Å². The molecule has 7 nitrogen and oxygen atoms in total. The van der Waals surface area contributed by atoms with Gasteiger partial charge in [0.05, 0.1) is 11.8 Å². The minimum Gasteiger partial charge on any atom is -0.459 e. The van der Waals surface area contributed by atoms with Gasteiger partial charge in [-0.1, -0.05) is 24.3 Å². The van der Waals surface area contributed by atoms with Crippen LogP contribution in [0.15, 0.2) is 70.1 Å². The quantitative estimate of drug-likeness (QED) is 0.547. The third-order valence-electron chi connectivity index (χ3n) is 5.50. The summed E-state index contributed by atoms with van der Waals surface area (Å²) in [5.74, 6) is 0.976. The summed E-state index contributed by atoms with van der Waals surface area (Å²) in [6.45, 7) is 3.09. The maximum absolute atomic E-state index is 12.5. The monoisotopic (exact) mass is 400 g/mol. The van der Waals surface area contributed by atoms with E-state index in [1.165, 1.54) is 6.26 Å². The Bertz CT molecular complexity index is 1300. The molecule has 1 amide bonds. The van der Waals surface area contributed by atoms with Gasteiger partial charge in [0.2, 0.25) is 0 Å². The van der Waals surface area contributed by atoms with Crippen LogP contribution >= 0.6 is 0 Å². The predicted octanol–water partition coefficient (Wildman–Crippen LogP) is 3.76. The van der Waals surface area contributed by atoms with Crippen LogP contribution in [0.3, 0.4) is 0 Å². The van der Waals surface area contributed by atoms with Crippen molar-refractivity contribution in [3.8, 4) is 0 Å². The predicted molar refractivity (Wildman–Crippen MR) is 115 cm³/mol. The second kappa shape index (κ2) is 7.18. The number of hydrogen-bond acceptors (Lipinski definition) is 5. The number of hydrogen-bond donors (Lipinski definition) is 2. The van der Waals surface area contributed by atoms with Gasteiger partial charge in [0.1, 0.15) is 5.82 Å². The molecule has 1 atom stereocenters. The minimum absolute atomic E-state index is 0.121. The van der Waals surface area contributed by atoms with Crippen LogP contribution < -0.4 is 16.3 Å². The number of carbonyl (C=O) groups excluding carboxylic acids is 1. The number of amides is 1. The Balaban J connectivity index is 1.36. The zero-order valence-electron chi connectivity index (χ0n) is 16.4. The van der Waals surface area contributed by atoms with Gasteiger partial charge in [0.25, 0.3) is 5.91 Å². The van der Waals surface area contributed by atoms with Gasteiger partial charge >= 0.3 is 5.69 Å². The number of benzene rings is 2. The van der Waals surface area contributed by atoms with Crippen LogP contribution in [0.4, 0.5) is 11.5 Å². The fraction of sp³-hybridized carbons (Fsp3) is 0.174. The van der Waals surface area contributed by atoms with Crippen LogP contribution in [0.25, 0.3) is 10.9 Å². The molecular formula is C23H20N4O3. The third-order valence-corrected chi connectivity index (χ3v) is 5.50. The molecule has 30 heavy (non-hydrogen) atoms. The molecule has 2 aromatic carbocycles. The van der Waals surface area contributed by atoms with Gasteiger partial charge in [-0.15, -0.1) is 0 Å². The summed E-state index contributed by atoms with van der Waals surface area (Å²) in [6, 6.07) is 17.1. The molecule has 0 radical (unpaired) electrons. The summed E-state index contributed by atoms with van der Waals surface area (Å²) >= 11 is 0. The SMILES string of the molecule is Cc1ccoc1C(=O)Nc1ccc(C2CNc3c4ccccc4nc(=O)n3C2)cc1. The normalized spacial score (nSPS) is 15.4. The maximum Gasteiger partial charge on any atom is 0.349 e. The van der Waals surface area contributed by atoms with Gasteiger partial charge in [-0.05, 0) is 42.8 Å². The lowest BCUT2D eigenvalue weighted by atomic mass is 9.97. The van der Waals surface area contributed by atoms with Crippen molar-refractivity contribution in [3.05, 3.63) is 88.2 Å². The number of nitrogens with one attached hydrogen (secondary N) is 2. The molecule has 0 saturated carbocycles. The first-order valence-electron chi connectivity index (χ1n) is 9.79. The van der Waals surface area contributed by atoms with Crippen molar-refractivity contribution in [1.29, 1.82) is 0 Å². The number of carbonyl (C=O) groups is 1. The highest BCUT2D eigenvalue weighted by Gasteiger charge is 2.23. The zero-order valence-corrected chi connectivity index (χ0v) is 16.4. The molecule has 5 rings (SSSR count). The molecule has 0 aliphatic carbocycles. The number of aryl methyl sites for hydroxylation is 1. The van der Waals surface area contributed by atoms with Crippen molar-refractivity contribution >= 4 is 28.3 Å². The van der Waals surface area contributed by atoms with Crippen molar-refractivity contribution in [2.45, 2.75) is 19.4 Å². The first-order chi connectivity index (χ1) is 14.6. The van der Waals surface area contributed by atoms with Gasteiger partial charge in [-0.25, -0.2) is 4.79 Å². The van der Waals surface area contributed by atoms with Crippen LogP contribution in [-0.4, -0.2) is 22.0 Å². The summed E-state index contributed by atoms with van der Waals surface area (Å²) in [7, 11) is 0. The summed E-state index contributed by atoms with van der Waals surface area (Å²) in [5, 5.41) is 7.20. The molecule has 0 fully saturated rings. The molecule has 7 heteroatoms. The van der Waals surface area contributed by atoms with E-state index in [4.69, 9.17) is 4.42 Å². The van der Waals surface area contributed by atoms with E-state index in [9.17, 15) is 9.59 Å². The topological polar surface area (TPSA) is 89.2 Å². The zero-order chi connectivity index (χ0) is 20.7. The van der Waals surface area contributed by atoms with Crippen LogP contribution in [0.2, 0.25) is 0 Å². The third kappa shape index (κ3) is 3.14. The van der Waals surface area contributed by atoms with Gasteiger partial charge in [0.15, 0.2) is 5.76 Å². The summed E-state index contributed by atoms with van der Waals surface area (Å²) in [4.78, 5) is 29.0. The van der Waals surface area contributed by atoms with E-state index in [0.717, 1.165) is 22.3 Å². The van der Waals surface area contributed by atoms with E-state index in [1.54, 1.807) is 10.6 Å². The van der Waals surface area contributed by atoms with Gasteiger partial charge in [-0.2, -0.15) is 4.98 Å². The average molecular weight is 400 g/mol. The molecule has 0 spiro atoms. The first-order valence-corrected chi connectivity index (χ1v) is 9.79. The number of furan rings is 1. The molecule has 3 heterocycles. The van der Waals surface area contributed by atoms with Crippen LogP contribution in [0, 0.1) is 6.92 Å². The van der Waals surface area contributed by atoms with E-state index in [2.05, 4.69) is 15.6 Å². The second-order valence-electron chi connectivity index (χ2n) is 7.46. The number of fused-ring (bicyclic) bond motifs is 3. The van der Waals surface area contributed by atoms with Gasteiger partial charge in [0, 0.05) is 35.6 Å². The number of nitrogens with zero attached hydrogens (tertiary/aromatic N) is 2. The van der Waals surface area contributed by atoms with E-state index in [-0.39, 0.29) is 17.5 Å². The summed E-state index contributed by atoms with van der Waals surface area (Å²) in [5.41, 5.74) is 3.02. The summed E-state index contributed by atoms with van der Waals surface area (Å²) < 4.78 is 6.93. The molecule has 1 aliphatic rings. The Hall–Kier alpha value is -3.87. The highest BCUT2D eigenvalue weighted by Crippen LogP contribution is 2.29. The molecule has 1 aliphatic heterocycles. The minimum atomic E-state index is -0.275. The lowest BCUT2D eigenvalue weighted by molar-refractivity contribution is 0.0996. The highest BCUT2D eigenvalue weighted by atomic mass is 16.3. The smallest absolute Gasteiger partial charge is 0.349 e. The fourth-order valence-electron chi connectivity index (χ4n) is 3.90. The number of anilines is 2. The fourth-order valence-corrected chi connectivity index (χ4v) is 3.90. The molecule has 0 saturated heterocycles. The van der Waals surface area contributed by atoms with Crippen molar-refractivity contribution in [2.75, 3.05) is 17.2 Å². The van der Waals surface area contributed by atoms with Crippen molar-refractivity contribution in [3.63, 3.8) is 0 Å². The molecular weight excluding hydrogens is 380 g/mol. The molecule has 2 N–H and O–H groups in total.